The van der Waals surface area contributed by atoms with E-state index in [1.807, 2.05) is 0 Å². The van der Waals surface area contributed by atoms with Crippen LogP contribution in [0, 0.1) is 0 Å². The third-order valence-corrected chi connectivity index (χ3v) is 2.94. The highest BCUT2D eigenvalue weighted by atomic mass is 32.2. The van der Waals surface area contributed by atoms with Crippen LogP contribution < -0.4 is 0 Å². The van der Waals surface area contributed by atoms with Crippen molar-refractivity contribution < 1.29 is 19.4 Å². The lowest BCUT2D eigenvalue weighted by atomic mass is 10.8. The van der Waals surface area contributed by atoms with Gasteiger partial charge in [-0.15, -0.1) is 10.2 Å². The van der Waals surface area contributed by atoms with E-state index in [0.717, 1.165) is 5.01 Å². The molecule has 0 aliphatic heterocycles. The van der Waals surface area contributed by atoms with Gasteiger partial charge in [0.15, 0.2) is 4.34 Å². The number of aromatic nitrogens is 2. The Hall–Kier alpha value is -0.860. The van der Waals surface area contributed by atoms with Gasteiger partial charge in [-0.1, -0.05) is 23.1 Å². The molecule has 14 heavy (non-hydrogen) atoms. The Kier molecular flexibility index (Phi) is 4.63. The zero-order valence-corrected chi connectivity index (χ0v) is 8.93. The van der Waals surface area contributed by atoms with Crippen molar-refractivity contribution in [3.05, 3.63) is 5.01 Å². The molecule has 0 atom stereocenters. The van der Waals surface area contributed by atoms with Gasteiger partial charge in [0.05, 0.1) is 6.61 Å². The fourth-order valence-corrected chi connectivity index (χ4v) is 2.18. The number of hydrogen-bond acceptors (Lipinski definition) is 7. The number of methoxy groups -OCH3 is 1. The second-order valence-electron chi connectivity index (χ2n) is 2.07. The topological polar surface area (TPSA) is 81.5 Å². The largest absolute Gasteiger partial charge is 0.506 e. The van der Waals surface area contributed by atoms with Crippen molar-refractivity contribution in [3.63, 3.8) is 0 Å². The van der Waals surface area contributed by atoms with E-state index in [4.69, 9.17) is 9.84 Å². The summed E-state index contributed by atoms with van der Waals surface area (Å²) in [6.45, 7) is 0.415. The zero-order chi connectivity index (χ0) is 10.4. The van der Waals surface area contributed by atoms with Crippen LogP contribution in [0.3, 0.4) is 0 Å². The fraction of sp³-hybridized carbons (Fsp3) is 0.500. The van der Waals surface area contributed by atoms with E-state index in [-0.39, 0.29) is 5.94 Å². The fourth-order valence-electron chi connectivity index (χ4n) is 0.609. The SMILES string of the molecule is COCc1nnc(SCOC(=O)O)s1. The monoisotopic (exact) mass is 236 g/mol. The maximum atomic E-state index is 10.0. The molecule has 0 amide bonds. The molecule has 6 nitrogen and oxygen atoms in total. The van der Waals surface area contributed by atoms with E-state index in [1.165, 1.54) is 23.1 Å². The number of hydrogen-bond donors (Lipinski definition) is 1. The average molecular weight is 236 g/mol. The lowest BCUT2D eigenvalue weighted by Crippen LogP contribution is -1.98. The summed E-state index contributed by atoms with van der Waals surface area (Å²) >= 11 is 2.53. The predicted octanol–water partition coefficient (Wildman–Crippen LogP) is 1.43. The molecule has 1 aromatic rings. The Balaban J connectivity index is 2.32. The molecule has 0 aliphatic rings. The second kappa shape index (κ2) is 5.78. The average Bonchev–Trinajstić information content (AvgIpc) is 2.53. The van der Waals surface area contributed by atoms with Gasteiger partial charge in [0, 0.05) is 7.11 Å². The van der Waals surface area contributed by atoms with E-state index in [1.54, 1.807) is 7.11 Å². The molecule has 8 heteroatoms. The summed E-state index contributed by atoms with van der Waals surface area (Å²) in [5, 5.41) is 16.6. The van der Waals surface area contributed by atoms with Gasteiger partial charge in [-0.25, -0.2) is 4.79 Å². The molecule has 0 radical (unpaired) electrons. The molecule has 0 aliphatic carbocycles. The number of thioether (sulfide) groups is 1. The van der Waals surface area contributed by atoms with Crippen LogP contribution in [0.2, 0.25) is 0 Å². The molecule has 1 N–H and O–H groups in total. The zero-order valence-electron chi connectivity index (χ0n) is 7.30. The minimum atomic E-state index is -1.29. The van der Waals surface area contributed by atoms with E-state index >= 15 is 0 Å². The van der Waals surface area contributed by atoms with Crippen molar-refractivity contribution in [3.8, 4) is 0 Å². The molecular formula is C6H8N2O4S2. The number of ether oxygens (including phenoxy) is 2. The summed E-state index contributed by atoms with van der Waals surface area (Å²) in [7, 11) is 1.57. The van der Waals surface area contributed by atoms with Gasteiger partial charge in [-0.3, -0.25) is 0 Å². The van der Waals surface area contributed by atoms with Gasteiger partial charge in [0.2, 0.25) is 0 Å². The third kappa shape index (κ3) is 3.90. The van der Waals surface area contributed by atoms with Gasteiger partial charge in [-0.2, -0.15) is 0 Å². The molecule has 0 spiro atoms. The molecular weight excluding hydrogens is 228 g/mol. The van der Waals surface area contributed by atoms with Crippen molar-refractivity contribution in [2.45, 2.75) is 10.9 Å². The Morgan fingerprint density at radius 2 is 2.43 bits per heavy atom. The Morgan fingerprint density at radius 3 is 3.07 bits per heavy atom. The minimum Gasteiger partial charge on any atom is -0.450 e. The van der Waals surface area contributed by atoms with Crippen LogP contribution in [0.5, 0.6) is 0 Å². The Bertz CT molecular complexity index is 304. The first kappa shape index (κ1) is 11.2. The summed E-state index contributed by atoms with van der Waals surface area (Å²) in [5.41, 5.74) is 0. The Morgan fingerprint density at radius 1 is 1.64 bits per heavy atom. The highest BCUT2D eigenvalue weighted by Crippen LogP contribution is 2.22. The number of nitrogens with zero attached hydrogens (tertiary/aromatic N) is 2. The quantitative estimate of drug-likeness (QED) is 0.470. The highest BCUT2D eigenvalue weighted by molar-refractivity contribution is 8.00. The van der Waals surface area contributed by atoms with Crippen molar-refractivity contribution in [2.24, 2.45) is 0 Å². The van der Waals surface area contributed by atoms with E-state index in [0.29, 0.717) is 10.9 Å². The van der Waals surface area contributed by atoms with Gasteiger partial charge in [0.25, 0.3) is 0 Å². The normalized spacial score (nSPS) is 10.1. The number of carbonyl (C=O) groups is 1. The molecule has 0 saturated carbocycles. The highest BCUT2D eigenvalue weighted by Gasteiger charge is 2.05. The standard InChI is InChI=1S/C6H8N2O4S2/c1-11-2-4-7-8-5(14-4)13-3-12-6(9)10/h2-3H2,1H3,(H,9,10). The van der Waals surface area contributed by atoms with Crippen molar-refractivity contribution >= 4 is 29.3 Å². The van der Waals surface area contributed by atoms with Crippen LogP contribution in [0.4, 0.5) is 4.79 Å². The molecule has 1 rings (SSSR count). The summed E-state index contributed by atoms with van der Waals surface area (Å²) in [6, 6.07) is 0. The minimum absolute atomic E-state index is 0.0248. The van der Waals surface area contributed by atoms with Crippen LogP contribution in [0.1, 0.15) is 5.01 Å². The summed E-state index contributed by atoms with van der Waals surface area (Å²) in [6.07, 6.45) is -1.29. The molecule has 78 valence electrons. The first-order chi connectivity index (χ1) is 6.72. The van der Waals surface area contributed by atoms with E-state index in [9.17, 15) is 4.79 Å². The lowest BCUT2D eigenvalue weighted by molar-refractivity contribution is 0.109. The summed E-state index contributed by atoms with van der Waals surface area (Å²) < 4.78 is 9.82. The molecule has 0 bridgehead atoms. The van der Waals surface area contributed by atoms with Crippen molar-refractivity contribution in [1.82, 2.24) is 10.2 Å². The Labute approximate surface area is 88.2 Å². The van der Waals surface area contributed by atoms with Gasteiger partial charge < -0.3 is 14.6 Å². The maximum absolute atomic E-state index is 10.0. The predicted molar refractivity (Wildman–Crippen MR) is 50.5 cm³/mol. The summed E-state index contributed by atoms with van der Waals surface area (Å²) in [4.78, 5) is 10.0. The van der Waals surface area contributed by atoms with Crippen molar-refractivity contribution in [1.29, 1.82) is 0 Å². The molecule has 0 unspecified atom stereocenters. The van der Waals surface area contributed by atoms with Gasteiger partial charge in [-0.05, 0) is 0 Å². The molecule has 1 heterocycles. The molecule has 0 aromatic carbocycles. The third-order valence-electron chi connectivity index (χ3n) is 1.08. The first-order valence-corrected chi connectivity index (χ1v) is 5.32. The van der Waals surface area contributed by atoms with E-state index < -0.39 is 6.16 Å². The van der Waals surface area contributed by atoms with Crippen LogP contribution in [-0.4, -0.2) is 34.5 Å². The van der Waals surface area contributed by atoms with E-state index in [2.05, 4.69) is 14.9 Å². The molecule has 1 aromatic heterocycles. The van der Waals surface area contributed by atoms with Crippen LogP contribution in [0.15, 0.2) is 4.34 Å². The van der Waals surface area contributed by atoms with Crippen molar-refractivity contribution in [2.75, 3.05) is 13.0 Å². The van der Waals surface area contributed by atoms with Crippen LogP contribution >= 0.6 is 23.1 Å². The van der Waals surface area contributed by atoms with Crippen LogP contribution in [-0.2, 0) is 16.1 Å². The smallest absolute Gasteiger partial charge is 0.450 e. The first-order valence-electron chi connectivity index (χ1n) is 3.52. The second-order valence-corrected chi connectivity index (χ2v) is 4.30. The van der Waals surface area contributed by atoms with Gasteiger partial charge >= 0.3 is 6.16 Å². The number of carboxylic acid groups (broad SMARTS) is 1. The number of rotatable bonds is 5. The summed E-state index contributed by atoms with van der Waals surface area (Å²) in [5.74, 6) is 0.0248. The van der Waals surface area contributed by atoms with Gasteiger partial charge in [0.1, 0.15) is 10.9 Å². The molecule has 0 fully saturated rings. The maximum Gasteiger partial charge on any atom is 0.506 e. The lowest BCUT2D eigenvalue weighted by Gasteiger charge is -1.94. The molecule has 0 saturated heterocycles. The van der Waals surface area contributed by atoms with Crippen LogP contribution in [0.25, 0.3) is 0 Å².